The van der Waals surface area contributed by atoms with Crippen molar-refractivity contribution in [1.29, 1.82) is 0 Å². The topological polar surface area (TPSA) is 103 Å². The fourth-order valence-electron chi connectivity index (χ4n) is 3.69. The van der Waals surface area contributed by atoms with Gasteiger partial charge in [0.2, 0.25) is 5.91 Å². The predicted molar refractivity (Wildman–Crippen MR) is 114 cm³/mol. The molecule has 9 heteroatoms. The zero-order valence-electron chi connectivity index (χ0n) is 16.8. The van der Waals surface area contributed by atoms with E-state index in [1.54, 1.807) is 31.2 Å². The lowest BCUT2D eigenvalue weighted by Gasteiger charge is -2.18. The molecule has 1 atom stereocenters. The van der Waals surface area contributed by atoms with Gasteiger partial charge in [-0.05, 0) is 49.8 Å². The van der Waals surface area contributed by atoms with Gasteiger partial charge in [-0.25, -0.2) is 9.48 Å². The molecule has 2 heterocycles. The highest BCUT2D eigenvalue weighted by Gasteiger charge is 2.29. The van der Waals surface area contributed by atoms with Gasteiger partial charge < -0.3 is 10.1 Å². The van der Waals surface area contributed by atoms with Crippen LogP contribution >= 0.6 is 11.3 Å². The van der Waals surface area contributed by atoms with Crippen molar-refractivity contribution in [2.24, 2.45) is 5.92 Å². The zero-order chi connectivity index (χ0) is 21.3. The van der Waals surface area contributed by atoms with Crippen LogP contribution in [0, 0.1) is 5.92 Å². The first-order valence-corrected chi connectivity index (χ1v) is 10.7. The van der Waals surface area contributed by atoms with Gasteiger partial charge in [-0.3, -0.25) is 9.59 Å². The van der Waals surface area contributed by atoms with Crippen LogP contribution in [0.4, 0.5) is 5.00 Å². The van der Waals surface area contributed by atoms with E-state index < -0.39 is 11.9 Å². The van der Waals surface area contributed by atoms with E-state index in [9.17, 15) is 14.4 Å². The number of fused-ring (bicyclic) bond motifs is 2. The summed E-state index contributed by atoms with van der Waals surface area (Å²) in [6.07, 6.45) is 2.65. The lowest BCUT2D eigenvalue weighted by molar-refractivity contribution is -0.117. The summed E-state index contributed by atoms with van der Waals surface area (Å²) in [6, 6.07) is 6.84. The number of ether oxygens (including phenoxy) is 1. The second-order valence-corrected chi connectivity index (χ2v) is 8.50. The molecule has 8 nitrogen and oxygen atoms in total. The molecular weight excluding hydrogens is 404 g/mol. The number of amides is 1. The van der Waals surface area contributed by atoms with Crippen molar-refractivity contribution in [3.63, 3.8) is 0 Å². The smallest absolute Gasteiger partial charge is 0.341 e. The van der Waals surface area contributed by atoms with E-state index in [1.807, 2.05) is 0 Å². The number of aromatic nitrogens is 3. The number of anilines is 1. The Labute approximate surface area is 176 Å². The largest absolute Gasteiger partial charge is 0.462 e. The van der Waals surface area contributed by atoms with Crippen molar-refractivity contribution in [1.82, 2.24) is 15.0 Å². The van der Waals surface area contributed by atoms with E-state index in [1.165, 1.54) is 11.3 Å². The molecule has 3 aromatic rings. The molecule has 1 aliphatic rings. The number of carbonyl (C=O) groups is 2. The van der Waals surface area contributed by atoms with Gasteiger partial charge in [-0.2, -0.15) is 0 Å². The minimum absolute atomic E-state index is 0.259. The van der Waals surface area contributed by atoms with E-state index in [0.29, 0.717) is 27.4 Å². The van der Waals surface area contributed by atoms with Crippen LogP contribution in [0.2, 0.25) is 0 Å². The highest BCUT2D eigenvalue weighted by atomic mass is 32.1. The summed E-state index contributed by atoms with van der Waals surface area (Å²) in [5.41, 5.74) is 1.49. The summed E-state index contributed by atoms with van der Waals surface area (Å²) in [5, 5.41) is 11.5. The molecule has 1 amide bonds. The molecule has 1 aromatic carbocycles. The van der Waals surface area contributed by atoms with Gasteiger partial charge in [-0.1, -0.05) is 24.3 Å². The van der Waals surface area contributed by atoms with E-state index in [2.05, 4.69) is 22.6 Å². The maximum Gasteiger partial charge on any atom is 0.341 e. The normalized spacial score (nSPS) is 15.6. The van der Waals surface area contributed by atoms with Crippen LogP contribution in [-0.2, 0) is 28.9 Å². The van der Waals surface area contributed by atoms with Crippen LogP contribution in [-0.4, -0.2) is 33.5 Å². The first-order valence-electron chi connectivity index (χ1n) is 9.92. The quantitative estimate of drug-likeness (QED) is 0.629. The molecule has 0 aliphatic heterocycles. The number of nitrogens with one attached hydrogen (secondary N) is 1. The maximum atomic E-state index is 12.7. The molecule has 0 spiro atoms. The number of benzene rings is 1. The van der Waals surface area contributed by atoms with Gasteiger partial charge in [0.15, 0.2) is 0 Å². The molecule has 156 valence electrons. The van der Waals surface area contributed by atoms with Crippen LogP contribution in [0.25, 0.3) is 10.9 Å². The Morgan fingerprint density at radius 1 is 1.33 bits per heavy atom. The van der Waals surface area contributed by atoms with E-state index in [0.717, 1.165) is 34.4 Å². The van der Waals surface area contributed by atoms with Crippen LogP contribution in [0.3, 0.4) is 0 Å². The van der Waals surface area contributed by atoms with Gasteiger partial charge in [-0.15, -0.1) is 16.4 Å². The number of rotatable bonds is 5. The number of nitrogens with zero attached hydrogens (tertiary/aromatic N) is 3. The fourth-order valence-corrected chi connectivity index (χ4v) is 5.10. The summed E-state index contributed by atoms with van der Waals surface area (Å²) >= 11 is 1.41. The lowest BCUT2D eigenvalue weighted by atomic mass is 9.88. The highest BCUT2D eigenvalue weighted by molar-refractivity contribution is 7.17. The third kappa shape index (κ3) is 3.85. The van der Waals surface area contributed by atoms with Gasteiger partial charge in [0, 0.05) is 4.88 Å². The van der Waals surface area contributed by atoms with Crippen molar-refractivity contribution < 1.29 is 14.3 Å². The van der Waals surface area contributed by atoms with Crippen molar-refractivity contribution in [3.8, 4) is 0 Å². The van der Waals surface area contributed by atoms with Crippen LogP contribution in [0.15, 0.2) is 29.1 Å². The number of carbonyl (C=O) groups excluding carboxylic acids is 2. The average Bonchev–Trinajstić information content (AvgIpc) is 3.07. The lowest BCUT2D eigenvalue weighted by Crippen LogP contribution is -2.30. The third-order valence-electron chi connectivity index (χ3n) is 5.17. The second-order valence-electron chi connectivity index (χ2n) is 7.39. The Morgan fingerprint density at radius 2 is 2.13 bits per heavy atom. The molecule has 0 fully saturated rings. The Hall–Kier alpha value is -3.07. The molecule has 0 radical (unpaired) electrons. The first kappa shape index (κ1) is 20.2. The van der Waals surface area contributed by atoms with E-state index >= 15 is 0 Å². The summed E-state index contributed by atoms with van der Waals surface area (Å²) in [5.74, 6) is -0.345. The minimum atomic E-state index is -0.445. The Balaban J connectivity index is 1.61. The molecule has 0 bridgehead atoms. The van der Waals surface area contributed by atoms with Crippen LogP contribution < -0.4 is 10.9 Å². The highest BCUT2D eigenvalue weighted by Crippen LogP contribution is 2.40. The molecule has 0 saturated carbocycles. The predicted octanol–water partition coefficient (Wildman–Crippen LogP) is 2.79. The Morgan fingerprint density at radius 3 is 2.93 bits per heavy atom. The first-order chi connectivity index (χ1) is 14.5. The van der Waals surface area contributed by atoms with Gasteiger partial charge >= 0.3 is 5.97 Å². The summed E-state index contributed by atoms with van der Waals surface area (Å²) < 4.78 is 6.25. The van der Waals surface area contributed by atoms with Crippen molar-refractivity contribution >= 4 is 39.1 Å². The Kier molecular flexibility index (Phi) is 5.63. The van der Waals surface area contributed by atoms with Gasteiger partial charge in [0.05, 0.1) is 17.6 Å². The Bertz CT molecular complexity index is 1180. The number of hydrogen-bond donors (Lipinski definition) is 1. The summed E-state index contributed by atoms with van der Waals surface area (Å²) in [4.78, 5) is 39.0. The fraction of sp³-hybridized carbons (Fsp3) is 0.381. The zero-order valence-corrected chi connectivity index (χ0v) is 17.6. The molecular formula is C21H22N4O4S. The standard InChI is InChI=1S/C21H22N4O4S/c1-3-29-21(28)18-14-9-8-12(2)10-16(14)30-19(18)22-17(26)11-25-20(27)13-6-4-5-7-15(13)23-24-25/h4-7,12H,3,8-11H2,1-2H3,(H,22,26)/t12-/m0/s1. The monoisotopic (exact) mass is 426 g/mol. The molecule has 30 heavy (non-hydrogen) atoms. The SMILES string of the molecule is CCOC(=O)c1c(NC(=O)Cn2nnc3ccccc3c2=O)sc2c1CC[C@H](C)C2. The number of thiophene rings is 1. The third-order valence-corrected chi connectivity index (χ3v) is 6.34. The second kappa shape index (κ2) is 8.35. The molecule has 4 rings (SSSR count). The minimum Gasteiger partial charge on any atom is -0.462 e. The maximum absolute atomic E-state index is 12.7. The van der Waals surface area contributed by atoms with Crippen molar-refractivity contribution in [3.05, 3.63) is 50.6 Å². The van der Waals surface area contributed by atoms with Crippen molar-refractivity contribution in [2.75, 3.05) is 11.9 Å². The van der Waals surface area contributed by atoms with Crippen LogP contribution in [0.5, 0.6) is 0 Å². The van der Waals surface area contributed by atoms with Crippen LogP contribution in [0.1, 0.15) is 41.1 Å². The summed E-state index contributed by atoms with van der Waals surface area (Å²) in [7, 11) is 0. The number of hydrogen-bond acceptors (Lipinski definition) is 7. The van der Waals surface area contributed by atoms with E-state index in [4.69, 9.17) is 4.74 Å². The molecule has 0 unspecified atom stereocenters. The molecule has 2 aromatic heterocycles. The van der Waals surface area contributed by atoms with Gasteiger partial charge in [0.1, 0.15) is 17.1 Å². The molecule has 0 saturated heterocycles. The molecule has 1 N–H and O–H groups in total. The van der Waals surface area contributed by atoms with E-state index in [-0.39, 0.29) is 18.7 Å². The van der Waals surface area contributed by atoms with Gasteiger partial charge in [0.25, 0.3) is 5.56 Å². The average molecular weight is 426 g/mol. The molecule has 1 aliphatic carbocycles. The number of esters is 1. The van der Waals surface area contributed by atoms with Crippen molar-refractivity contribution in [2.45, 2.75) is 39.7 Å². The summed E-state index contributed by atoms with van der Waals surface area (Å²) in [6.45, 7) is 3.89.